The highest BCUT2D eigenvalue weighted by atomic mass is 16.4. The van der Waals surface area contributed by atoms with Crippen LogP contribution in [-0.2, 0) is 19.9 Å². The molecule has 8 nitrogen and oxygen atoms in total. The summed E-state index contributed by atoms with van der Waals surface area (Å²) in [6.45, 7) is 0.609. The van der Waals surface area contributed by atoms with Gasteiger partial charge in [-0.3, -0.25) is 19.7 Å². The zero-order chi connectivity index (χ0) is 26.7. The van der Waals surface area contributed by atoms with E-state index < -0.39 is 23.4 Å². The maximum Gasteiger partial charge on any atom is 0.317 e. The fraction of sp³-hybridized carbons (Fsp3) is 0.276. The van der Waals surface area contributed by atoms with E-state index in [0.29, 0.717) is 25.9 Å². The van der Waals surface area contributed by atoms with E-state index in [9.17, 15) is 19.5 Å². The number of benzene rings is 3. The molecule has 0 saturated heterocycles. The van der Waals surface area contributed by atoms with Gasteiger partial charge in [0.05, 0.1) is 12.1 Å². The molecule has 0 spiro atoms. The second kappa shape index (κ2) is 13.2. The van der Waals surface area contributed by atoms with Crippen LogP contribution in [0.3, 0.4) is 0 Å². The Morgan fingerprint density at radius 3 is 1.59 bits per heavy atom. The van der Waals surface area contributed by atoms with Crippen molar-refractivity contribution >= 4 is 23.6 Å². The Hall–Kier alpha value is -4.17. The van der Waals surface area contributed by atoms with Crippen LogP contribution in [-0.4, -0.2) is 52.9 Å². The van der Waals surface area contributed by atoms with E-state index in [2.05, 4.69) is 5.32 Å². The summed E-state index contributed by atoms with van der Waals surface area (Å²) in [5.74, 6) is -2.76. The molecule has 3 rings (SSSR count). The van der Waals surface area contributed by atoms with Gasteiger partial charge in [-0.25, -0.2) is 0 Å². The maximum absolute atomic E-state index is 11.7. The third kappa shape index (κ3) is 7.41. The van der Waals surface area contributed by atoms with E-state index in [0.717, 1.165) is 22.4 Å². The summed E-state index contributed by atoms with van der Waals surface area (Å²) in [4.78, 5) is 35.9. The van der Waals surface area contributed by atoms with Gasteiger partial charge in [-0.05, 0) is 41.7 Å². The highest BCUT2D eigenvalue weighted by Crippen LogP contribution is 2.38. The Morgan fingerprint density at radius 1 is 0.649 bits per heavy atom. The van der Waals surface area contributed by atoms with Gasteiger partial charge in [0.2, 0.25) is 0 Å². The third-order valence-corrected chi connectivity index (χ3v) is 6.20. The summed E-state index contributed by atoms with van der Waals surface area (Å²) >= 11 is 0. The predicted octanol–water partition coefficient (Wildman–Crippen LogP) is 4.19. The third-order valence-electron chi connectivity index (χ3n) is 6.20. The van der Waals surface area contributed by atoms with Gasteiger partial charge >= 0.3 is 17.9 Å². The number of carboxylic acids is 3. The average molecular weight is 505 g/mol. The molecule has 0 amide bonds. The van der Waals surface area contributed by atoms with Gasteiger partial charge in [0, 0.05) is 31.6 Å². The molecule has 0 aliphatic heterocycles. The Morgan fingerprint density at radius 2 is 1.14 bits per heavy atom. The van der Waals surface area contributed by atoms with Gasteiger partial charge in [-0.2, -0.15) is 0 Å². The standard InChI is InChI=1S/C29H32N2O6/c32-26(33)16-8-18-31(19-9-17-27(34)35)25-15-7-14-24(20-25)29(30-21-28(36)37,22-10-3-1-4-11-22)23-12-5-2-6-13-23/h1-7,10-15,20,30H,8-9,16-19,21H2,(H,32,33)(H,34,35)(H,36,37). The zero-order valence-electron chi connectivity index (χ0n) is 20.5. The fourth-order valence-corrected chi connectivity index (χ4v) is 4.54. The number of aliphatic carboxylic acids is 3. The van der Waals surface area contributed by atoms with Crippen LogP contribution in [0.5, 0.6) is 0 Å². The lowest BCUT2D eigenvalue weighted by molar-refractivity contribution is -0.138. The molecule has 0 saturated carbocycles. The van der Waals surface area contributed by atoms with E-state index >= 15 is 0 Å². The van der Waals surface area contributed by atoms with Crippen molar-refractivity contribution in [1.82, 2.24) is 5.32 Å². The van der Waals surface area contributed by atoms with E-state index in [1.807, 2.05) is 89.8 Å². The lowest BCUT2D eigenvalue weighted by Gasteiger charge is -2.37. The molecule has 4 N–H and O–H groups in total. The molecule has 0 aromatic heterocycles. The lowest BCUT2D eigenvalue weighted by atomic mass is 9.76. The molecule has 0 aliphatic carbocycles. The monoisotopic (exact) mass is 504 g/mol. The molecular formula is C29H32N2O6. The summed E-state index contributed by atoms with van der Waals surface area (Å²) in [5, 5.41) is 31.1. The highest BCUT2D eigenvalue weighted by Gasteiger charge is 2.36. The second-order valence-electron chi connectivity index (χ2n) is 8.76. The van der Waals surface area contributed by atoms with Crippen LogP contribution in [0.25, 0.3) is 0 Å². The number of nitrogens with zero attached hydrogens (tertiary/aromatic N) is 1. The van der Waals surface area contributed by atoms with Crippen molar-refractivity contribution in [2.45, 2.75) is 31.2 Å². The van der Waals surface area contributed by atoms with Crippen molar-refractivity contribution in [2.24, 2.45) is 0 Å². The first-order valence-corrected chi connectivity index (χ1v) is 12.2. The van der Waals surface area contributed by atoms with Gasteiger partial charge in [0.25, 0.3) is 0 Å². The van der Waals surface area contributed by atoms with Crippen molar-refractivity contribution in [2.75, 3.05) is 24.5 Å². The zero-order valence-corrected chi connectivity index (χ0v) is 20.5. The summed E-state index contributed by atoms with van der Waals surface area (Å²) in [6.07, 6.45) is 0.833. The Kier molecular flexibility index (Phi) is 9.80. The van der Waals surface area contributed by atoms with Crippen LogP contribution in [0.1, 0.15) is 42.4 Å². The van der Waals surface area contributed by atoms with Crippen molar-refractivity contribution < 1.29 is 29.7 Å². The minimum absolute atomic E-state index is 0.00720. The first kappa shape index (κ1) is 27.4. The maximum atomic E-state index is 11.7. The molecular weight excluding hydrogens is 472 g/mol. The van der Waals surface area contributed by atoms with Crippen molar-refractivity contribution in [1.29, 1.82) is 0 Å². The van der Waals surface area contributed by atoms with Gasteiger partial charge in [0.15, 0.2) is 0 Å². The van der Waals surface area contributed by atoms with Crippen LogP contribution in [0, 0.1) is 0 Å². The first-order valence-electron chi connectivity index (χ1n) is 12.2. The van der Waals surface area contributed by atoms with Crippen LogP contribution >= 0.6 is 0 Å². The Bertz CT molecular complexity index is 1120. The molecule has 0 unspecified atom stereocenters. The van der Waals surface area contributed by atoms with E-state index in [1.165, 1.54) is 0 Å². The SMILES string of the molecule is O=C(O)CCCN(CCCC(=O)O)c1cccc(C(NCC(=O)O)(c2ccccc2)c2ccccc2)c1. The van der Waals surface area contributed by atoms with Crippen molar-refractivity contribution in [3.8, 4) is 0 Å². The number of hydrogen-bond donors (Lipinski definition) is 4. The smallest absolute Gasteiger partial charge is 0.317 e. The van der Waals surface area contributed by atoms with E-state index in [1.54, 1.807) is 0 Å². The number of carbonyl (C=O) groups is 3. The first-order chi connectivity index (χ1) is 17.8. The van der Waals surface area contributed by atoms with Crippen LogP contribution < -0.4 is 10.2 Å². The molecule has 3 aromatic rings. The van der Waals surface area contributed by atoms with Gasteiger partial charge in [-0.1, -0.05) is 72.8 Å². The number of carboxylic acid groups (broad SMARTS) is 3. The van der Waals surface area contributed by atoms with Gasteiger partial charge in [-0.15, -0.1) is 0 Å². The number of nitrogens with one attached hydrogen (secondary N) is 1. The molecule has 0 atom stereocenters. The topological polar surface area (TPSA) is 127 Å². The van der Waals surface area contributed by atoms with Crippen LogP contribution in [0.15, 0.2) is 84.9 Å². The predicted molar refractivity (Wildman–Crippen MR) is 141 cm³/mol. The average Bonchev–Trinajstić information content (AvgIpc) is 2.89. The molecule has 37 heavy (non-hydrogen) atoms. The molecule has 0 fully saturated rings. The number of anilines is 1. The Balaban J connectivity index is 2.11. The van der Waals surface area contributed by atoms with Gasteiger partial charge in [0.1, 0.15) is 0 Å². The summed E-state index contributed by atoms with van der Waals surface area (Å²) in [5.41, 5.74) is 2.36. The summed E-state index contributed by atoms with van der Waals surface area (Å²) in [7, 11) is 0. The molecule has 3 aromatic carbocycles. The minimum atomic E-state index is -0.989. The van der Waals surface area contributed by atoms with Crippen molar-refractivity contribution in [3.05, 3.63) is 102 Å². The normalized spacial score (nSPS) is 11.1. The minimum Gasteiger partial charge on any atom is -0.481 e. The largest absolute Gasteiger partial charge is 0.481 e. The molecule has 0 aliphatic rings. The molecule has 194 valence electrons. The molecule has 0 bridgehead atoms. The highest BCUT2D eigenvalue weighted by molar-refractivity contribution is 5.70. The summed E-state index contributed by atoms with van der Waals surface area (Å²) in [6, 6.07) is 26.9. The van der Waals surface area contributed by atoms with Gasteiger partial charge < -0.3 is 20.2 Å². The Labute approximate surface area is 216 Å². The van der Waals surface area contributed by atoms with Crippen molar-refractivity contribution in [3.63, 3.8) is 0 Å². The number of rotatable bonds is 15. The molecule has 0 radical (unpaired) electrons. The lowest BCUT2D eigenvalue weighted by Crippen LogP contribution is -2.47. The summed E-state index contributed by atoms with van der Waals surface area (Å²) < 4.78 is 0. The van der Waals surface area contributed by atoms with Crippen LogP contribution in [0.2, 0.25) is 0 Å². The fourth-order valence-electron chi connectivity index (χ4n) is 4.54. The number of hydrogen-bond acceptors (Lipinski definition) is 5. The van der Waals surface area contributed by atoms with E-state index in [-0.39, 0.29) is 19.4 Å². The molecule has 0 heterocycles. The van der Waals surface area contributed by atoms with E-state index in [4.69, 9.17) is 10.2 Å². The quantitative estimate of drug-likeness (QED) is 0.227. The van der Waals surface area contributed by atoms with Crippen LogP contribution in [0.4, 0.5) is 5.69 Å². The second-order valence-corrected chi connectivity index (χ2v) is 8.76. The molecule has 8 heteroatoms.